The lowest BCUT2D eigenvalue weighted by molar-refractivity contribution is 1.36. The van der Waals surface area contributed by atoms with Gasteiger partial charge in [-0.05, 0) is 29.7 Å². The monoisotopic (exact) mass is 245 g/mol. The third-order valence-electron chi connectivity index (χ3n) is 3.26. The Morgan fingerprint density at radius 1 is 0.842 bits per heavy atom. The van der Waals surface area contributed by atoms with Gasteiger partial charge in [0.25, 0.3) is 0 Å². The summed E-state index contributed by atoms with van der Waals surface area (Å²) in [5.41, 5.74) is 4.71. The fourth-order valence-corrected chi connectivity index (χ4v) is 2.23. The van der Waals surface area contributed by atoms with Gasteiger partial charge in [0.05, 0.1) is 5.52 Å². The Bertz CT molecular complexity index is 727. The van der Waals surface area contributed by atoms with Gasteiger partial charge in [0.2, 0.25) is 0 Å². The third-order valence-corrected chi connectivity index (χ3v) is 3.26. The minimum Gasteiger partial charge on any atom is -0.256 e. The molecule has 1 heteroatoms. The lowest BCUT2D eigenvalue weighted by Crippen LogP contribution is -1.85. The van der Waals surface area contributed by atoms with Crippen molar-refractivity contribution in [2.45, 2.75) is 6.92 Å². The van der Waals surface area contributed by atoms with E-state index in [1.54, 1.807) is 0 Å². The number of rotatable bonds is 2. The number of pyridine rings is 1. The molecule has 0 aliphatic rings. The molecule has 0 fully saturated rings. The first-order valence-electron chi connectivity index (χ1n) is 6.42. The summed E-state index contributed by atoms with van der Waals surface area (Å²) < 4.78 is 0. The molecule has 1 nitrogen and oxygen atoms in total. The van der Waals surface area contributed by atoms with E-state index in [0.717, 1.165) is 5.52 Å². The van der Waals surface area contributed by atoms with E-state index in [2.05, 4.69) is 66.5 Å². The van der Waals surface area contributed by atoms with Gasteiger partial charge >= 0.3 is 0 Å². The molecule has 3 aromatic rings. The first-order valence-corrected chi connectivity index (χ1v) is 6.42. The molecule has 0 aliphatic heterocycles. The Kier molecular flexibility index (Phi) is 3.11. The smallest absolute Gasteiger partial charge is 0.0737 e. The number of hydrogen-bond acceptors (Lipinski definition) is 1. The van der Waals surface area contributed by atoms with E-state index in [0.29, 0.717) is 0 Å². The van der Waals surface area contributed by atoms with Crippen molar-refractivity contribution in [2.75, 3.05) is 0 Å². The molecule has 0 N–H and O–H groups in total. The lowest BCUT2D eigenvalue weighted by Gasteiger charge is -2.04. The summed E-state index contributed by atoms with van der Waals surface area (Å²) in [4.78, 5) is 4.46. The van der Waals surface area contributed by atoms with Crippen molar-refractivity contribution < 1.29 is 0 Å². The van der Waals surface area contributed by atoms with Crippen LogP contribution in [0.4, 0.5) is 0 Å². The molecule has 0 spiro atoms. The van der Waals surface area contributed by atoms with Gasteiger partial charge < -0.3 is 0 Å². The van der Waals surface area contributed by atoms with Gasteiger partial charge in [0, 0.05) is 11.6 Å². The zero-order valence-electron chi connectivity index (χ0n) is 10.9. The largest absolute Gasteiger partial charge is 0.256 e. The van der Waals surface area contributed by atoms with Crippen LogP contribution >= 0.6 is 0 Å². The van der Waals surface area contributed by atoms with Crippen molar-refractivity contribution in [1.82, 2.24) is 4.98 Å². The molecule has 0 amide bonds. The van der Waals surface area contributed by atoms with Gasteiger partial charge in [-0.15, -0.1) is 0 Å². The minimum absolute atomic E-state index is 1.08. The van der Waals surface area contributed by atoms with Crippen molar-refractivity contribution in [3.05, 3.63) is 77.5 Å². The third kappa shape index (κ3) is 2.41. The SMILES string of the molecule is Cc1ccc(/C=C/c2ccccc2)c2cccnc12. The van der Waals surface area contributed by atoms with Gasteiger partial charge in [0.1, 0.15) is 0 Å². The van der Waals surface area contributed by atoms with E-state index < -0.39 is 0 Å². The van der Waals surface area contributed by atoms with E-state index in [1.807, 2.05) is 18.3 Å². The summed E-state index contributed by atoms with van der Waals surface area (Å²) in [7, 11) is 0. The molecule has 0 atom stereocenters. The molecule has 0 radical (unpaired) electrons. The maximum Gasteiger partial charge on any atom is 0.0737 e. The van der Waals surface area contributed by atoms with Crippen LogP contribution in [0.1, 0.15) is 16.7 Å². The molecule has 0 aliphatic carbocycles. The van der Waals surface area contributed by atoms with Crippen LogP contribution in [-0.4, -0.2) is 4.98 Å². The van der Waals surface area contributed by atoms with Crippen molar-refractivity contribution in [2.24, 2.45) is 0 Å². The molecule has 2 aromatic carbocycles. The van der Waals surface area contributed by atoms with Crippen molar-refractivity contribution in [3.8, 4) is 0 Å². The van der Waals surface area contributed by atoms with E-state index in [4.69, 9.17) is 0 Å². The molecule has 1 heterocycles. The summed E-state index contributed by atoms with van der Waals surface area (Å²) in [5, 5.41) is 1.20. The molecule has 1 aromatic heterocycles. The van der Waals surface area contributed by atoms with Crippen molar-refractivity contribution in [1.29, 1.82) is 0 Å². The summed E-state index contributed by atoms with van der Waals surface area (Å²) >= 11 is 0. The topological polar surface area (TPSA) is 12.9 Å². The highest BCUT2D eigenvalue weighted by atomic mass is 14.6. The number of aromatic nitrogens is 1. The van der Waals surface area contributed by atoms with Crippen molar-refractivity contribution >= 4 is 23.1 Å². The average Bonchev–Trinajstić information content (AvgIpc) is 2.48. The molecule has 0 saturated heterocycles. The van der Waals surface area contributed by atoms with Gasteiger partial charge in [-0.25, -0.2) is 0 Å². The summed E-state index contributed by atoms with van der Waals surface area (Å²) in [6, 6.07) is 18.7. The Hall–Kier alpha value is -2.41. The first-order chi connectivity index (χ1) is 9.34. The molecule has 0 bridgehead atoms. The molecular formula is C18H15N. The van der Waals surface area contributed by atoms with Crippen LogP contribution in [0.3, 0.4) is 0 Å². The molecule has 19 heavy (non-hydrogen) atoms. The Morgan fingerprint density at radius 2 is 1.68 bits per heavy atom. The number of hydrogen-bond donors (Lipinski definition) is 0. The Morgan fingerprint density at radius 3 is 2.53 bits per heavy atom. The summed E-state index contributed by atoms with van der Waals surface area (Å²) in [6.45, 7) is 2.10. The fourth-order valence-electron chi connectivity index (χ4n) is 2.23. The van der Waals surface area contributed by atoms with E-state index in [9.17, 15) is 0 Å². The second kappa shape index (κ2) is 5.07. The number of benzene rings is 2. The highest BCUT2D eigenvalue weighted by Gasteiger charge is 2.01. The average molecular weight is 245 g/mol. The van der Waals surface area contributed by atoms with Crippen LogP contribution in [0.15, 0.2) is 60.8 Å². The molecule has 0 saturated carbocycles. The van der Waals surface area contributed by atoms with Crippen LogP contribution in [0.2, 0.25) is 0 Å². The Labute approximate surface area is 113 Å². The number of aryl methyl sites for hydroxylation is 1. The quantitative estimate of drug-likeness (QED) is 0.596. The van der Waals surface area contributed by atoms with Gasteiger partial charge in [-0.1, -0.05) is 60.7 Å². The molecule has 0 unspecified atom stereocenters. The van der Waals surface area contributed by atoms with Crippen LogP contribution in [0.25, 0.3) is 23.1 Å². The maximum atomic E-state index is 4.46. The minimum atomic E-state index is 1.08. The predicted molar refractivity (Wildman–Crippen MR) is 81.9 cm³/mol. The molecular weight excluding hydrogens is 230 g/mol. The zero-order chi connectivity index (χ0) is 13.1. The Balaban J connectivity index is 2.07. The highest BCUT2D eigenvalue weighted by molar-refractivity contribution is 5.92. The maximum absolute atomic E-state index is 4.46. The second-order valence-corrected chi connectivity index (χ2v) is 4.62. The summed E-state index contributed by atoms with van der Waals surface area (Å²) in [5.74, 6) is 0. The number of nitrogens with zero attached hydrogens (tertiary/aromatic N) is 1. The van der Waals surface area contributed by atoms with Crippen LogP contribution in [-0.2, 0) is 0 Å². The fraction of sp³-hybridized carbons (Fsp3) is 0.0556. The van der Waals surface area contributed by atoms with Gasteiger partial charge in [0.15, 0.2) is 0 Å². The molecule has 3 rings (SSSR count). The van der Waals surface area contributed by atoms with Gasteiger partial charge in [-0.3, -0.25) is 4.98 Å². The van der Waals surface area contributed by atoms with E-state index >= 15 is 0 Å². The lowest BCUT2D eigenvalue weighted by atomic mass is 10.0. The number of fused-ring (bicyclic) bond motifs is 1. The first kappa shape index (κ1) is 11.7. The van der Waals surface area contributed by atoms with Crippen LogP contribution < -0.4 is 0 Å². The second-order valence-electron chi connectivity index (χ2n) is 4.62. The van der Waals surface area contributed by atoms with Crippen LogP contribution in [0.5, 0.6) is 0 Å². The van der Waals surface area contributed by atoms with Gasteiger partial charge in [-0.2, -0.15) is 0 Å². The normalized spacial score (nSPS) is 11.2. The predicted octanol–water partition coefficient (Wildman–Crippen LogP) is 4.71. The van der Waals surface area contributed by atoms with E-state index in [1.165, 1.54) is 22.1 Å². The molecule has 92 valence electrons. The standard InChI is InChI=1S/C18H15N/c1-14-9-11-16(17-8-5-13-19-18(14)17)12-10-15-6-3-2-4-7-15/h2-13H,1H3/b12-10+. The highest BCUT2D eigenvalue weighted by Crippen LogP contribution is 2.22. The zero-order valence-corrected chi connectivity index (χ0v) is 10.9. The summed E-state index contributed by atoms with van der Waals surface area (Å²) in [6.07, 6.45) is 6.13. The van der Waals surface area contributed by atoms with Crippen LogP contribution in [0, 0.1) is 6.92 Å². The van der Waals surface area contributed by atoms with Crippen molar-refractivity contribution in [3.63, 3.8) is 0 Å². The van der Waals surface area contributed by atoms with E-state index in [-0.39, 0.29) is 0 Å².